The van der Waals surface area contributed by atoms with Crippen LogP contribution >= 0.6 is 0 Å². The van der Waals surface area contributed by atoms with E-state index in [1.54, 1.807) is 38.1 Å². The van der Waals surface area contributed by atoms with E-state index < -0.39 is 5.60 Å². The maximum Gasteiger partial charge on any atom is 0.221 e. The number of aromatic nitrogens is 3. The molecule has 162 valence electrons. The van der Waals surface area contributed by atoms with Gasteiger partial charge in [0.05, 0.1) is 47.2 Å². The lowest BCUT2D eigenvalue weighted by atomic mass is 10.00. The first kappa shape index (κ1) is 22.5. The first-order chi connectivity index (χ1) is 15.2. The second-order valence-corrected chi connectivity index (χ2v) is 7.64. The van der Waals surface area contributed by atoms with E-state index in [0.717, 1.165) is 11.1 Å². The predicted octanol–water partition coefficient (Wildman–Crippen LogP) is 2.46. The van der Waals surface area contributed by atoms with Gasteiger partial charge < -0.3 is 16.7 Å². The summed E-state index contributed by atoms with van der Waals surface area (Å²) in [7, 11) is 0. The highest BCUT2D eigenvalue weighted by Crippen LogP contribution is 2.25. The zero-order chi connectivity index (χ0) is 23.3. The molecule has 3 aromatic rings. The van der Waals surface area contributed by atoms with Crippen LogP contribution in [0.2, 0.25) is 0 Å². The van der Waals surface area contributed by atoms with Crippen molar-refractivity contribution in [1.29, 1.82) is 5.26 Å². The van der Waals surface area contributed by atoms with E-state index in [9.17, 15) is 10.4 Å². The standard InChI is InChI=1S/C23H24N8O/c1-14-15(11-24)6-4-8-17(14)18-10-19(30-22(25)29-18)20(31-26)13-27-12-16-7-5-9-21(28-16)23(2,3)32/h4-10,13,32H,12,26H2,1-3H3,(H2,25,29,30)/b27-13?,31-20+. The number of hydrogen-bond acceptors (Lipinski definition) is 9. The molecule has 0 atom stereocenters. The van der Waals surface area contributed by atoms with Gasteiger partial charge in [0, 0.05) is 5.56 Å². The number of nitrogen functional groups attached to an aromatic ring is 1. The summed E-state index contributed by atoms with van der Waals surface area (Å²) >= 11 is 0. The number of aliphatic hydroxyl groups is 1. The monoisotopic (exact) mass is 428 g/mol. The topological polar surface area (TPSA) is 159 Å². The average molecular weight is 429 g/mol. The van der Waals surface area contributed by atoms with Gasteiger partial charge in [0.2, 0.25) is 5.95 Å². The van der Waals surface area contributed by atoms with Crippen LogP contribution in [0.5, 0.6) is 0 Å². The van der Waals surface area contributed by atoms with Crippen LogP contribution in [0.3, 0.4) is 0 Å². The van der Waals surface area contributed by atoms with Crippen LogP contribution in [0.4, 0.5) is 5.95 Å². The van der Waals surface area contributed by atoms with E-state index in [0.29, 0.717) is 34.1 Å². The molecule has 0 aliphatic carbocycles. The largest absolute Gasteiger partial charge is 0.384 e. The van der Waals surface area contributed by atoms with Crippen molar-refractivity contribution in [1.82, 2.24) is 15.0 Å². The zero-order valence-electron chi connectivity index (χ0n) is 18.1. The highest BCUT2D eigenvalue weighted by atomic mass is 16.3. The third-order valence-corrected chi connectivity index (χ3v) is 4.78. The summed E-state index contributed by atoms with van der Waals surface area (Å²) in [6, 6.07) is 14.6. The second-order valence-electron chi connectivity index (χ2n) is 7.64. The Labute approximate surface area is 186 Å². The van der Waals surface area contributed by atoms with E-state index in [-0.39, 0.29) is 12.5 Å². The second kappa shape index (κ2) is 9.32. The molecule has 0 radical (unpaired) electrons. The number of hydrogen-bond donors (Lipinski definition) is 3. The Bertz CT molecular complexity index is 1240. The molecule has 9 nitrogen and oxygen atoms in total. The van der Waals surface area contributed by atoms with Crippen LogP contribution in [-0.4, -0.2) is 32.0 Å². The summed E-state index contributed by atoms with van der Waals surface area (Å²) in [6.45, 7) is 5.46. The molecule has 1 aromatic carbocycles. The molecule has 0 unspecified atom stereocenters. The van der Waals surface area contributed by atoms with E-state index in [2.05, 4.69) is 31.1 Å². The van der Waals surface area contributed by atoms with Gasteiger partial charge in [0.1, 0.15) is 11.3 Å². The van der Waals surface area contributed by atoms with Crippen LogP contribution in [0.1, 0.15) is 42.1 Å². The third-order valence-electron chi connectivity index (χ3n) is 4.78. The van der Waals surface area contributed by atoms with E-state index in [4.69, 9.17) is 11.6 Å². The lowest BCUT2D eigenvalue weighted by Gasteiger charge is -2.16. The molecule has 9 heteroatoms. The number of benzene rings is 1. The van der Waals surface area contributed by atoms with Gasteiger partial charge in [-0.1, -0.05) is 18.2 Å². The van der Waals surface area contributed by atoms with E-state index in [1.807, 2.05) is 25.1 Å². The molecule has 0 bridgehead atoms. The smallest absolute Gasteiger partial charge is 0.221 e. The Morgan fingerprint density at radius 1 is 1.19 bits per heavy atom. The lowest BCUT2D eigenvalue weighted by molar-refractivity contribution is 0.0736. The fraction of sp³-hybridized carbons (Fsp3) is 0.217. The van der Waals surface area contributed by atoms with Gasteiger partial charge in [-0.05, 0) is 50.6 Å². The van der Waals surface area contributed by atoms with Crippen LogP contribution in [0.25, 0.3) is 11.3 Å². The van der Waals surface area contributed by atoms with Gasteiger partial charge in [-0.2, -0.15) is 10.4 Å². The normalized spacial score (nSPS) is 12.2. The van der Waals surface area contributed by atoms with E-state index in [1.165, 1.54) is 6.21 Å². The summed E-state index contributed by atoms with van der Waals surface area (Å²) in [4.78, 5) is 17.3. The fourth-order valence-corrected chi connectivity index (χ4v) is 3.07. The van der Waals surface area contributed by atoms with Crippen molar-refractivity contribution in [3.63, 3.8) is 0 Å². The molecule has 32 heavy (non-hydrogen) atoms. The first-order valence-corrected chi connectivity index (χ1v) is 9.84. The molecule has 0 aliphatic heterocycles. The number of rotatable bonds is 6. The molecule has 0 saturated carbocycles. The summed E-state index contributed by atoms with van der Waals surface area (Å²) in [5.41, 5.74) is 9.50. The fourth-order valence-electron chi connectivity index (χ4n) is 3.07. The molecule has 5 N–H and O–H groups in total. The number of aliphatic imine (C=N–C) groups is 1. The van der Waals surface area contributed by atoms with Gasteiger partial charge in [0.15, 0.2) is 0 Å². The summed E-state index contributed by atoms with van der Waals surface area (Å²) in [6.07, 6.45) is 1.49. The first-order valence-electron chi connectivity index (χ1n) is 9.84. The number of pyridine rings is 1. The van der Waals surface area contributed by atoms with Gasteiger partial charge in [0.25, 0.3) is 0 Å². The predicted molar refractivity (Wildman–Crippen MR) is 124 cm³/mol. The molecule has 0 aliphatic rings. The van der Waals surface area contributed by atoms with Crippen LogP contribution in [-0.2, 0) is 12.1 Å². The Morgan fingerprint density at radius 2 is 1.94 bits per heavy atom. The summed E-state index contributed by atoms with van der Waals surface area (Å²) in [5.74, 6) is 5.63. The molecule has 2 aromatic heterocycles. The lowest BCUT2D eigenvalue weighted by Crippen LogP contribution is -2.18. The number of nitrogens with two attached hydrogens (primary N) is 2. The molecular weight excluding hydrogens is 404 g/mol. The van der Waals surface area contributed by atoms with Crippen molar-refractivity contribution in [3.05, 3.63) is 70.7 Å². The molecule has 0 spiro atoms. The minimum Gasteiger partial charge on any atom is -0.384 e. The molecule has 3 rings (SSSR count). The number of hydrazone groups is 1. The SMILES string of the molecule is Cc1c(C#N)cccc1-c1cc(/C(C=NCc2cccc(C(C)(C)O)n2)=N/N)nc(N)n1. The van der Waals surface area contributed by atoms with Crippen molar-refractivity contribution in [2.24, 2.45) is 15.9 Å². The Hall–Kier alpha value is -4.16. The third kappa shape index (κ3) is 5.11. The molecular formula is C23H24N8O. The van der Waals surface area contributed by atoms with Crippen LogP contribution < -0.4 is 11.6 Å². The Balaban J connectivity index is 1.88. The van der Waals surface area contributed by atoms with Gasteiger partial charge in [-0.25, -0.2) is 9.97 Å². The molecule has 0 saturated heterocycles. The molecule has 0 amide bonds. The van der Waals surface area contributed by atoms with Crippen molar-refractivity contribution >= 4 is 17.9 Å². The maximum atomic E-state index is 10.1. The van der Waals surface area contributed by atoms with Gasteiger partial charge >= 0.3 is 0 Å². The van der Waals surface area contributed by atoms with Gasteiger partial charge in [-0.15, -0.1) is 0 Å². The number of nitriles is 1. The minimum atomic E-state index is -1.04. The van der Waals surface area contributed by atoms with E-state index >= 15 is 0 Å². The molecule has 2 heterocycles. The van der Waals surface area contributed by atoms with Crippen LogP contribution in [0, 0.1) is 18.3 Å². The zero-order valence-corrected chi connectivity index (χ0v) is 18.1. The minimum absolute atomic E-state index is 0.0494. The molecule has 0 fully saturated rings. The van der Waals surface area contributed by atoms with Crippen molar-refractivity contribution in [3.8, 4) is 17.3 Å². The van der Waals surface area contributed by atoms with Crippen LogP contribution in [0.15, 0.2) is 52.6 Å². The summed E-state index contributed by atoms with van der Waals surface area (Å²) < 4.78 is 0. The highest BCUT2D eigenvalue weighted by molar-refractivity contribution is 6.37. The Morgan fingerprint density at radius 3 is 2.62 bits per heavy atom. The van der Waals surface area contributed by atoms with Crippen molar-refractivity contribution in [2.75, 3.05) is 5.73 Å². The number of anilines is 1. The van der Waals surface area contributed by atoms with Gasteiger partial charge in [-0.3, -0.25) is 9.98 Å². The number of nitrogens with zero attached hydrogens (tertiary/aromatic N) is 6. The summed E-state index contributed by atoms with van der Waals surface area (Å²) in [5, 5.41) is 23.2. The highest BCUT2D eigenvalue weighted by Gasteiger charge is 2.17. The Kier molecular flexibility index (Phi) is 6.56. The van der Waals surface area contributed by atoms with Crippen molar-refractivity contribution in [2.45, 2.75) is 32.9 Å². The quantitative estimate of drug-likeness (QED) is 0.309. The van der Waals surface area contributed by atoms with Crippen molar-refractivity contribution < 1.29 is 5.11 Å². The average Bonchev–Trinajstić information content (AvgIpc) is 2.76. The maximum absolute atomic E-state index is 10.1.